The van der Waals surface area contributed by atoms with E-state index in [1.165, 1.54) is 6.92 Å². The molecule has 1 saturated carbocycles. The molecule has 0 amide bonds. The molecule has 0 aliphatic heterocycles. The predicted octanol–water partition coefficient (Wildman–Crippen LogP) is 3.85. The molecule has 108 valence electrons. The summed E-state index contributed by atoms with van der Waals surface area (Å²) in [6, 6.07) is 19.8. The summed E-state index contributed by atoms with van der Waals surface area (Å²) in [6.07, 6.45) is -0.908. The van der Waals surface area contributed by atoms with Crippen LogP contribution >= 0.6 is 0 Å². The highest BCUT2D eigenvalue weighted by Gasteiger charge is 2.61. The molecule has 0 spiro atoms. The second kappa shape index (κ2) is 5.32. The monoisotopic (exact) mass is 284 g/mol. The van der Waals surface area contributed by atoms with Crippen LogP contribution in [-0.4, -0.2) is 12.3 Å². The maximum Gasteiger partial charge on any atom is 0.312 e. The van der Waals surface area contributed by atoms with Gasteiger partial charge in [0.1, 0.15) is 0 Å². The summed E-state index contributed by atoms with van der Waals surface area (Å²) in [7, 11) is 0. The maximum atomic E-state index is 13.0. The Morgan fingerprint density at radius 2 is 1.57 bits per heavy atom. The molecule has 0 bridgehead atoms. The summed E-state index contributed by atoms with van der Waals surface area (Å²) < 4.78 is 17.7. The SMILES string of the molecule is CC(F)OC(=O)C1CC1(c1ccccc1)c1ccccc1. The number of halogens is 1. The third kappa shape index (κ3) is 2.44. The van der Waals surface area contributed by atoms with Gasteiger partial charge in [0.15, 0.2) is 0 Å². The first-order chi connectivity index (χ1) is 10.1. The smallest absolute Gasteiger partial charge is 0.312 e. The fraction of sp³-hybridized carbons (Fsp3) is 0.278. The average molecular weight is 284 g/mol. The van der Waals surface area contributed by atoms with E-state index in [0.717, 1.165) is 11.1 Å². The second-order valence-corrected chi connectivity index (χ2v) is 5.44. The lowest BCUT2D eigenvalue weighted by molar-refractivity contribution is -0.158. The number of rotatable bonds is 4. The molecule has 0 heterocycles. The van der Waals surface area contributed by atoms with Gasteiger partial charge in [0, 0.05) is 12.3 Å². The van der Waals surface area contributed by atoms with Crippen LogP contribution in [0.4, 0.5) is 4.39 Å². The number of carbonyl (C=O) groups excluding carboxylic acids is 1. The third-order valence-electron chi connectivity index (χ3n) is 4.10. The van der Waals surface area contributed by atoms with E-state index in [1.54, 1.807) is 0 Å². The Kier molecular flexibility index (Phi) is 3.50. The molecule has 1 fully saturated rings. The Bertz CT molecular complexity index is 583. The molecule has 0 radical (unpaired) electrons. The molecule has 0 saturated heterocycles. The van der Waals surface area contributed by atoms with E-state index in [1.807, 2.05) is 60.7 Å². The van der Waals surface area contributed by atoms with Crippen molar-refractivity contribution in [2.24, 2.45) is 5.92 Å². The number of ether oxygens (including phenoxy) is 1. The van der Waals surface area contributed by atoms with Gasteiger partial charge < -0.3 is 4.74 Å². The van der Waals surface area contributed by atoms with Gasteiger partial charge >= 0.3 is 5.97 Å². The topological polar surface area (TPSA) is 26.3 Å². The number of hydrogen-bond donors (Lipinski definition) is 0. The van der Waals surface area contributed by atoms with Crippen molar-refractivity contribution in [2.45, 2.75) is 25.1 Å². The van der Waals surface area contributed by atoms with Crippen LogP contribution in [-0.2, 0) is 14.9 Å². The summed E-state index contributed by atoms with van der Waals surface area (Å²) in [5, 5.41) is 0. The van der Waals surface area contributed by atoms with E-state index in [2.05, 4.69) is 0 Å². The van der Waals surface area contributed by atoms with Crippen LogP contribution in [0.2, 0.25) is 0 Å². The highest BCUT2D eigenvalue weighted by atomic mass is 19.1. The van der Waals surface area contributed by atoms with Crippen molar-refractivity contribution in [3.8, 4) is 0 Å². The molecule has 3 heteroatoms. The number of benzene rings is 2. The first kappa shape index (κ1) is 13.8. The lowest BCUT2D eigenvalue weighted by atomic mass is 9.86. The largest absolute Gasteiger partial charge is 0.431 e. The Balaban J connectivity index is 1.98. The van der Waals surface area contributed by atoms with E-state index in [4.69, 9.17) is 4.74 Å². The van der Waals surface area contributed by atoms with Gasteiger partial charge in [-0.05, 0) is 17.5 Å². The highest BCUT2D eigenvalue weighted by molar-refractivity contribution is 5.81. The molecule has 0 aromatic heterocycles. The summed E-state index contributed by atoms with van der Waals surface area (Å²) in [4.78, 5) is 12.1. The molecule has 1 aliphatic carbocycles. The van der Waals surface area contributed by atoms with Crippen LogP contribution in [0.5, 0.6) is 0 Å². The van der Waals surface area contributed by atoms with Gasteiger partial charge in [-0.25, -0.2) is 4.39 Å². The molecular weight excluding hydrogens is 267 g/mol. The predicted molar refractivity (Wildman–Crippen MR) is 78.4 cm³/mol. The third-order valence-corrected chi connectivity index (χ3v) is 4.10. The van der Waals surface area contributed by atoms with E-state index in [-0.39, 0.29) is 11.3 Å². The zero-order valence-electron chi connectivity index (χ0n) is 11.8. The van der Waals surface area contributed by atoms with Crippen LogP contribution in [0.1, 0.15) is 24.5 Å². The quantitative estimate of drug-likeness (QED) is 0.797. The molecule has 2 unspecified atom stereocenters. The van der Waals surface area contributed by atoms with Crippen molar-refractivity contribution >= 4 is 5.97 Å². The minimum atomic E-state index is -1.57. The van der Waals surface area contributed by atoms with Gasteiger partial charge in [-0.1, -0.05) is 60.7 Å². The lowest BCUT2D eigenvalue weighted by Gasteiger charge is -2.18. The van der Waals surface area contributed by atoms with Gasteiger partial charge in [-0.2, -0.15) is 0 Å². The number of alkyl halides is 1. The van der Waals surface area contributed by atoms with Crippen molar-refractivity contribution in [2.75, 3.05) is 0 Å². The Hall–Kier alpha value is -2.16. The van der Waals surface area contributed by atoms with Crippen molar-refractivity contribution < 1.29 is 13.9 Å². The minimum Gasteiger partial charge on any atom is -0.431 e. The van der Waals surface area contributed by atoms with Crippen molar-refractivity contribution in [1.82, 2.24) is 0 Å². The summed E-state index contributed by atoms with van der Waals surface area (Å²) in [5.41, 5.74) is 1.77. The molecule has 2 aromatic carbocycles. The number of carbonyl (C=O) groups is 1. The minimum absolute atomic E-state index is 0.319. The van der Waals surface area contributed by atoms with Gasteiger partial charge in [0.05, 0.1) is 5.92 Å². The van der Waals surface area contributed by atoms with Gasteiger partial charge in [-0.3, -0.25) is 4.79 Å². The van der Waals surface area contributed by atoms with E-state index in [9.17, 15) is 9.18 Å². The van der Waals surface area contributed by atoms with Crippen LogP contribution in [0.3, 0.4) is 0 Å². The van der Waals surface area contributed by atoms with Crippen LogP contribution in [0.15, 0.2) is 60.7 Å². The van der Waals surface area contributed by atoms with Gasteiger partial charge in [0.25, 0.3) is 0 Å². The average Bonchev–Trinajstić information content (AvgIpc) is 3.25. The molecule has 3 rings (SSSR count). The Morgan fingerprint density at radius 3 is 2.00 bits per heavy atom. The fourth-order valence-corrected chi connectivity index (χ4v) is 3.07. The van der Waals surface area contributed by atoms with Crippen LogP contribution in [0, 0.1) is 5.92 Å². The van der Waals surface area contributed by atoms with Crippen LogP contribution < -0.4 is 0 Å². The first-order valence-corrected chi connectivity index (χ1v) is 7.10. The Morgan fingerprint density at radius 1 is 1.10 bits per heavy atom. The number of hydrogen-bond acceptors (Lipinski definition) is 2. The zero-order chi connectivity index (χ0) is 14.9. The molecule has 2 atom stereocenters. The molecular formula is C18H17FO2. The van der Waals surface area contributed by atoms with Crippen molar-refractivity contribution in [3.63, 3.8) is 0 Å². The fourth-order valence-electron chi connectivity index (χ4n) is 3.07. The molecule has 0 N–H and O–H groups in total. The molecule has 21 heavy (non-hydrogen) atoms. The summed E-state index contributed by atoms with van der Waals surface area (Å²) in [5.74, 6) is -0.779. The van der Waals surface area contributed by atoms with Crippen LogP contribution in [0.25, 0.3) is 0 Å². The maximum absolute atomic E-state index is 13.0. The first-order valence-electron chi connectivity index (χ1n) is 7.10. The van der Waals surface area contributed by atoms with E-state index >= 15 is 0 Å². The molecule has 2 nitrogen and oxygen atoms in total. The summed E-state index contributed by atoms with van der Waals surface area (Å²) in [6.45, 7) is 1.23. The van der Waals surface area contributed by atoms with Crippen molar-refractivity contribution in [3.05, 3.63) is 71.8 Å². The van der Waals surface area contributed by atoms with E-state index in [0.29, 0.717) is 6.42 Å². The molecule has 2 aromatic rings. The Labute approximate surface area is 123 Å². The number of esters is 1. The van der Waals surface area contributed by atoms with Gasteiger partial charge in [0.2, 0.25) is 6.36 Å². The van der Waals surface area contributed by atoms with Gasteiger partial charge in [-0.15, -0.1) is 0 Å². The zero-order valence-corrected chi connectivity index (χ0v) is 11.8. The van der Waals surface area contributed by atoms with E-state index < -0.39 is 12.3 Å². The normalized spacial score (nSPS) is 20.6. The lowest BCUT2D eigenvalue weighted by Crippen LogP contribution is -2.20. The van der Waals surface area contributed by atoms with Crippen molar-refractivity contribution in [1.29, 1.82) is 0 Å². The molecule has 1 aliphatic rings. The highest BCUT2D eigenvalue weighted by Crippen LogP contribution is 2.59. The standard InChI is InChI=1S/C18H17FO2/c1-13(19)21-17(20)16-12-18(16,14-8-4-2-5-9-14)15-10-6-3-7-11-15/h2-11,13,16H,12H2,1H3. The summed E-state index contributed by atoms with van der Waals surface area (Å²) >= 11 is 0. The second-order valence-electron chi connectivity index (χ2n) is 5.44.